The van der Waals surface area contributed by atoms with Crippen LogP contribution in [0.3, 0.4) is 0 Å². The molecular formula is C18H31O4P. The first kappa shape index (κ1) is 20.2. The van der Waals surface area contributed by atoms with Gasteiger partial charge in [0, 0.05) is 7.11 Å². The molecule has 1 N–H and O–H groups in total. The van der Waals surface area contributed by atoms with E-state index in [1.54, 1.807) is 6.92 Å². The Balaban J connectivity index is 3.48. The van der Waals surface area contributed by atoms with Crippen LogP contribution in [-0.4, -0.2) is 18.8 Å². The van der Waals surface area contributed by atoms with Crippen LogP contribution in [0.1, 0.15) is 65.2 Å². The Morgan fingerprint density at radius 1 is 1.04 bits per heavy atom. The third kappa shape index (κ3) is 5.07. The van der Waals surface area contributed by atoms with Crippen LogP contribution in [0.4, 0.5) is 0 Å². The Hall–Kier alpha value is -0.830. The van der Waals surface area contributed by atoms with Gasteiger partial charge in [-0.1, -0.05) is 53.7 Å². The lowest BCUT2D eigenvalue weighted by Crippen LogP contribution is -2.18. The maximum atomic E-state index is 12.7. The van der Waals surface area contributed by atoms with Crippen molar-refractivity contribution in [3.8, 4) is 5.75 Å². The van der Waals surface area contributed by atoms with Crippen molar-refractivity contribution >= 4 is 7.60 Å². The van der Waals surface area contributed by atoms with E-state index in [-0.39, 0.29) is 17.0 Å². The van der Waals surface area contributed by atoms with Crippen molar-refractivity contribution < 1.29 is 18.7 Å². The average molecular weight is 342 g/mol. The van der Waals surface area contributed by atoms with Gasteiger partial charge in [0.25, 0.3) is 0 Å². The first-order valence-electron chi connectivity index (χ1n) is 8.00. The van der Waals surface area contributed by atoms with E-state index in [0.717, 1.165) is 16.7 Å². The van der Waals surface area contributed by atoms with Gasteiger partial charge >= 0.3 is 7.60 Å². The van der Waals surface area contributed by atoms with Crippen molar-refractivity contribution in [2.45, 2.75) is 65.5 Å². The van der Waals surface area contributed by atoms with Crippen molar-refractivity contribution in [3.63, 3.8) is 0 Å². The summed E-state index contributed by atoms with van der Waals surface area (Å²) in [4.78, 5) is 0. The first-order valence-corrected chi connectivity index (χ1v) is 9.73. The summed E-state index contributed by atoms with van der Waals surface area (Å²) in [6.07, 6.45) is 0.198. The SMILES string of the molecule is CCOP(=O)(Cc1cc(C(C)(C)C)c(O)c(C(C)(C)C)c1)OC. The lowest BCUT2D eigenvalue weighted by molar-refractivity contribution is 0.243. The number of rotatable bonds is 5. The second kappa shape index (κ2) is 6.96. The molecule has 1 aromatic rings. The van der Waals surface area contributed by atoms with Crippen LogP contribution in [0.5, 0.6) is 5.75 Å². The van der Waals surface area contributed by atoms with Crippen molar-refractivity contribution in [2.24, 2.45) is 0 Å². The van der Waals surface area contributed by atoms with E-state index in [4.69, 9.17) is 9.05 Å². The highest BCUT2D eigenvalue weighted by molar-refractivity contribution is 7.53. The number of phenols is 1. The third-order valence-electron chi connectivity index (χ3n) is 3.77. The largest absolute Gasteiger partial charge is 0.507 e. The number of hydrogen-bond acceptors (Lipinski definition) is 4. The zero-order chi connectivity index (χ0) is 18.1. The van der Waals surface area contributed by atoms with Gasteiger partial charge in [-0.3, -0.25) is 4.57 Å². The Bertz CT molecular complexity index is 559. The zero-order valence-electron chi connectivity index (χ0n) is 15.7. The number of phenolic OH excluding ortho intramolecular Hbond substituents is 1. The second-order valence-electron chi connectivity index (χ2n) is 7.91. The molecule has 0 spiro atoms. The van der Waals surface area contributed by atoms with Crippen LogP contribution in [-0.2, 0) is 30.6 Å². The number of hydrogen-bond donors (Lipinski definition) is 1. The molecular weight excluding hydrogens is 311 g/mol. The zero-order valence-corrected chi connectivity index (χ0v) is 16.6. The van der Waals surface area contributed by atoms with Gasteiger partial charge in [0.1, 0.15) is 5.75 Å². The van der Waals surface area contributed by atoms with Gasteiger partial charge in [0.2, 0.25) is 0 Å². The molecule has 1 atom stereocenters. The molecule has 132 valence electrons. The molecule has 1 unspecified atom stereocenters. The number of aromatic hydroxyl groups is 1. The summed E-state index contributed by atoms with van der Waals surface area (Å²) in [6, 6.07) is 3.82. The fourth-order valence-corrected chi connectivity index (χ4v) is 3.86. The average Bonchev–Trinajstić information content (AvgIpc) is 2.38. The minimum atomic E-state index is -3.16. The lowest BCUT2D eigenvalue weighted by Gasteiger charge is -2.28. The molecule has 0 saturated carbocycles. The molecule has 1 aromatic carbocycles. The fraction of sp³-hybridized carbons (Fsp3) is 0.667. The summed E-state index contributed by atoms with van der Waals surface area (Å²) >= 11 is 0. The van der Waals surface area contributed by atoms with Gasteiger partial charge in [-0.15, -0.1) is 0 Å². The Labute approximate surface area is 140 Å². The van der Waals surface area contributed by atoms with Crippen LogP contribution in [0.15, 0.2) is 12.1 Å². The highest BCUT2D eigenvalue weighted by Crippen LogP contribution is 2.51. The summed E-state index contributed by atoms with van der Waals surface area (Å²) in [5, 5.41) is 10.7. The fourth-order valence-electron chi connectivity index (χ4n) is 2.51. The molecule has 0 aromatic heterocycles. The Kier molecular flexibility index (Phi) is 6.12. The smallest absolute Gasteiger partial charge is 0.334 e. The van der Waals surface area contributed by atoms with Crippen LogP contribution in [0.25, 0.3) is 0 Å². The van der Waals surface area contributed by atoms with E-state index in [0.29, 0.717) is 12.4 Å². The summed E-state index contributed by atoms with van der Waals surface area (Å²) in [6.45, 7) is 14.4. The van der Waals surface area contributed by atoms with Gasteiger partial charge in [-0.25, -0.2) is 0 Å². The van der Waals surface area contributed by atoms with E-state index in [1.807, 2.05) is 12.1 Å². The highest BCUT2D eigenvalue weighted by Gasteiger charge is 2.29. The minimum absolute atomic E-state index is 0.198. The molecule has 0 aliphatic carbocycles. The Morgan fingerprint density at radius 2 is 1.48 bits per heavy atom. The van der Waals surface area contributed by atoms with Gasteiger partial charge in [-0.2, -0.15) is 0 Å². The van der Waals surface area contributed by atoms with Crippen molar-refractivity contribution in [1.82, 2.24) is 0 Å². The molecule has 0 heterocycles. The predicted octanol–water partition coefficient (Wildman–Crippen LogP) is 5.36. The molecule has 1 rings (SSSR count). The third-order valence-corrected chi connectivity index (χ3v) is 5.73. The summed E-state index contributed by atoms with van der Waals surface area (Å²) in [5.41, 5.74) is 2.11. The van der Waals surface area contributed by atoms with Gasteiger partial charge < -0.3 is 14.2 Å². The minimum Gasteiger partial charge on any atom is -0.507 e. The second-order valence-corrected chi connectivity index (χ2v) is 10.1. The maximum Gasteiger partial charge on any atom is 0.334 e. The molecule has 0 fully saturated rings. The quantitative estimate of drug-likeness (QED) is 0.732. The molecule has 0 bridgehead atoms. The first-order chi connectivity index (χ1) is 10.3. The molecule has 0 saturated heterocycles. The predicted molar refractivity (Wildman–Crippen MR) is 95.5 cm³/mol. The Morgan fingerprint density at radius 3 is 1.78 bits per heavy atom. The van der Waals surface area contributed by atoms with E-state index >= 15 is 0 Å². The normalized spacial score (nSPS) is 15.5. The van der Waals surface area contributed by atoms with Gasteiger partial charge in [-0.05, 0) is 34.4 Å². The van der Waals surface area contributed by atoms with Crippen LogP contribution in [0.2, 0.25) is 0 Å². The summed E-state index contributed by atoms with van der Waals surface area (Å²) in [7, 11) is -1.75. The molecule has 0 radical (unpaired) electrons. The molecule has 0 amide bonds. The van der Waals surface area contributed by atoms with E-state index in [1.165, 1.54) is 7.11 Å². The van der Waals surface area contributed by atoms with Crippen molar-refractivity contribution in [3.05, 3.63) is 28.8 Å². The van der Waals surface area contributed by atoms with E-state index in [2.05, 4.69) is 41.5 Å². The summed E-state index contributed by atoms with van der Waals surface area (Å²) < 4.78 is 23.1. The molecule has 0 aliphatic heterocycles. The van der Waals surface area contributed by atoms with Gasteiger partial charge in [0.15, 0.2) is 0 Å². The lowest BCUT2D eigenvalue weighted by atomic mass is 9.78. The number of benzene rings is 1. The van der Waals surface area contributed by atoms with Gasteiger partial charge in [0.05, 0.1) is 12.8 Å². The molecule has 5 heteroatoms. The van der Waals surface area contributed by atoms with Crippen molar-refractivity contribution in [1.29, 1.82) is 0 Å². The van der Waals surface area contributed by atoms with E-state index in [9.17, 15) is 9.67 Å². The monoisotopic (exact) mass is 342 g/mol. The molecule has 0 aliphatic rings. The van der Waals surface area contributed by atoms with Crippen LogP contribution >= 0.6 is 7.60 Å². The van der Waals surface area contributed by atoms with Crippen LogP contribution in [0, 0.1) is 0 Å². The summed E-state index contributed by atoms with van der Waals surface area (Å²) in [5.74, 6) is 0.317. The van der Waals surface area contributed by atoms with Crippen LogP contribution < -0.4 is 0 Å². The highest BCUT2D eigenvalue weighted by atomic mass is 31.2. The van der Waals surface area contributed by atoms with Crippen molar-refractivity contribution in [2.75, 3.05) is 13.7 Å². The standard InChI is InChI=1S/C18H31O4P/c1-9-22-23(20,21-8)12-13-10-14(17(2,3)4)16(19)15(11-13)18(5,6)7/h10-11,19H,9,12H2,1-8H3. The maximum absolute atomic E-state index is 12.7. The molecule has 4 nitrogen and oxygen atoms in total. The molecule has 23 heavy (non-hydrogen) atoms. The van der Waals surface area contributed by atoms with E-state index < -0.39 is 7.60 Å². The topological polar surface area (TPSA) is 55.8 Å².